The molecule has 0 aromatic heterocycles. The minimum absolute atomic E-state index is 0.0633. The third-order valence-electron chi connectivity index (χ3n) is 4.87. The summed E-state index contributed by atoms with van der Waals surface area (Å²) in [6.45, 7) is 2.07. The van der Waals surface area contributed by atoms with Crippen LogP contribution in [0.1, 0.15) is 30.9 Å². The normalized spacial score (nSPS) is 27.7. The maximum atomic E-state index is 12.1. The van der Waals surface area contributed by atoms with Crippen LogP contribution in [0.4, 0.5) is 0 Å². The Labute approximate surface area is 143 Å². The number of amides is 1. The number of aliphatic imine (C=N–C) groups is 1. The molecule has 3 N–H and O–H groups in total. The highest BCUT2D eigenvalue weighted by molar-refractivity contribution is 5.80. The van der Waals surface area contributed by atoms with Crippen LogP contribution < -0.4 is 11.1 Å². The number of nitrogens with zero attached hydrogens (tertiary/aromatic N) is 2. The molecule has 0 aliphatic carbocycles. The fraction of sp³-hybridized carbons (Fsp3) is 0.556. The van der Waals surface area contributed by atoms with Crippen molar-refractivity contribution in [2.24, 2.45) is 16.6 Å². The SMILES string of the molecule is CN1C(=O)C[C@@H](CN=C(N)NCC2CCCO2)[C@@H]1c1ccccc1. The summed E-state index contributed by atoms with van der Waals surface area (Å²) in [7, 11) is 1.86. The van der Waals surface area contributed by atoms with E-state index < -0.39 is 0 Å². The average Bonchev–Trinajstić information content (AvgIpc) is 3.21. The van der Waals surface area contributed by atoms with Gasteiger partial charge >= 0.3 is 0 Å². The molecule has 2 heterocycles. The zero-order valence-corrected chi connectivity index (χ0v) is 14.1. The lowest BCUT2D eigenvalue weighted by atomic mass is 9.94. The van der Waals surface area contributed by atoms with Crippen molar-refractivity contribution in [1.82, 2.24) is 10.2 Å². The van der Waals surface area contributed by atoms with Crippen molar-refractivity contribution < 1.29 is 9.53 Å². The minimum Gasteiger partial charge on any atom is -0.376 e. The smallest absolute Gasteiger partial charge is 0.223 e. The summed E-state index contributed by atoms with van der Waals surface area (Å²) < 4.78 is 5.56. The second-order valence-corrected chi connectivity index (χ2v) is 6.57. The number of rotatable bonds is 5. The number of guanidine groups is 1. The van der Waals surface area contributed by atoms with Crippen molar-refractivity contribution >= 4 is 11.9 Å². The van der Waals surface area contributed by atoms with Crippen molar-refractivity contribution in [3.05, 3.63) is 35.9 Å². The highest BCUT2D eigenvalue weighted by Gasteiger charge is 2.38. The quantitative estimate of drug-likeness (QED) is 0.630. The third-order valence-corrected chi connectivity index (χ3v) is 4.87. The molecule has 2 aliphatic heterocycles. The van der Waals surface area contributed by atoms with Gasteiger partial charge in [-0.3, -0.25) is 9.79 Å². The lowest BCUT2D eigenvalue weighted by Crippen LogP contribution is -2.37. The van der Waals surface area contributed by atoms with E-state index in [4.69, 9.17) is 10.5 Å². The van der Waals surface area contributed by atoms with Crippen LogP contribution >= 0.6 is 0 Å². The molecule has 6 heteroatoms. The molecular weight excluding hydrogens is 304 g/mol. The van der Waals surface area contributed by atoms with E-state index in [1.807, 2.05) is 30.1 Å². The van der Waals surface area contributed by atoms with E-state index in [1.165, 1.54) is 0 Å². The lowest BCUT2D eigenvalue weighted by molar-refractivity contribution is -0.127. The third kappa shape index (κ3) is 3.87. The molecule has 1 aromatic carbocycles. The Balaban J connectivity index is 1.59. The van der Waals surface area contributed by atoms with Gasteiger partial charge in [0.15, 0.2) is 5.96 Å². The molecule has 0 radical (unpaired) electrons. The second-order valence-electron chi connectivity index (χ2n) is 6.57. The average molecular weight is 330 g/mol. The van der Waals surface area contributed by atoms with E-state index in [0.717, 1.165) is 25.0 Å². The predicted octanol–water partition coefficient (Wildman–Crippen LogP) is 1.29. The standard InChI is InChI=1S/C18H26N4O2/c1-22-16(23)10-14(17(22)13-6-3-2-4-7-13)11-20-18(19)21-12-15-8-5-9-24-15/h2-4,6-7,14-15,17H,5,8-12H2,1H3,(H3,19,20,21)/t14-,15?,17-/m0/s1. The Bertz CT molecular complexity index is 584. The van der Waals surface area contributed by atoms with Gasteiger partial charge in [0.25, 0.3) is 0 Å². The van der Waals surface area contributed by atoms with Gasteiger partial charge in [0, 0.05) is 39.1 Å². The Morgan fingerprint density at radius 1 is 1.42 bits per heavy atom. The summed E-state index contributed by atoms with van der Waals surface area (Å²) >= 11 is 0. The van der Waals surface area contributed by atoms with Gasteiger partial charge in [-0.1, -0.05) is 30.3 Å². The number of likely N-dealkylation sites (tertiary alicyclic amines) is 1. The maximum Gasteiger partial charge on any atom is 0.223 e. The number of nitrogens with two attached hydrogens (primary N) is 1. The van der Waals surface area contributed by atoms with Crippen molar-refractivity contribution in [2.45, 2.75) is 31.4 Å². The number of carbonyl (C=O) groups excluding carboxylic acids is 1. The van der Waals surface area contributed by atoms with Gasteiger partial charge in [-0.15, -0.1) is 0 Å². The molecule has 0 bridgehead atoms. The molecule has 2 fully saturated rings. The highest BCUT2D eigenvalue weighted by atomic mass is 16.5. The van der Waals surface area contributed by atoms with E-state index in [9.17, 15) is 4.79 Å². The fourth-order valence-electron chi connectivity index (χ4n) is 3.56. The fourth-order valence-corrected chi connectivity index (χ4v) is 3.56. The largest absolute Gasteiger partial charge is 0.376 e. The van der Waals surface area contributed by atoms with Crippen molar-refractivity contribution in [3.63, 3.8) is 0 Å². The van der Waals surface area contributed by atoms with Gasteiger partial charge in [0.1, 0.15) is 0 Å². The summed E-state index contributed by atoms with van der Waals surface area (Å²) in [5, 5.41) is 3.13. The number of hydrogen-bond donors (Lipinski definition) is 2. The Kier molecular flexibility index (Phi) is 5.35. The molecule has 0 spiro atoms. The minimum atomic E-state index is 0.0633. The van der Waals surface area contributed by atoms with E-state index in [1.54, 1.807) is 0 Å². The molecular formula is C18H26N4O2. The summed E-state index contributed by atoms with van der Waals surface area (Å²) in [5.41, 5.74) is 7.12. The molecule has 6 nitrogen and oxygen atoms in total. The maximum absolute atomic E-state index is 12.1. The summed E-state index contributed by atoms with van der Waals surface area (Å²) in [6, 6.07) is 10.2. The summed E-state index contributed by atoms with van der Waals surface area (Å²) in [6.07, 6.45) is 2.92. The molecule has 3 rings (SSSR count). The molecule has 2 aliphatic rings. The first-order chi connectivity index (χ1) is 11.6. The molecule has 0 saturated carbocycles. The molecule has 2 saturated heterocycles. The van der Waals surface area contributed by atoms with Crippen LogP contribution in [-0.4, -0.2) is 49.6 Å². The van der Waals surface area contributed by atoms with E-state index in [2.05, 4.69) is 22.4 Å². The van der Waals surface area contributed by atoms with Crippen LogP contribution in [0.5, 0.6) is 0 Å². The predicted molar refractivity (Wildman–Crippen MR) is 93.5 cm³/mol. The molecule has 130 valence electrons. The monoisotopic (exact) mass is 330 g/mol. The van der Waals surface area contributed by atoms with E-state index in [0.29, 0.717) is 25.5 Å². The van der Waals surface area contributed by atoms with Gasteiger partial charge in [0.2, 0.25) is 5.91 Å². The van der Waals surface area contributed by atoms with Crippen molar-refractivity contribution in [2.75, 3.05) is 26.7 Å². The van der Waals surface area contributed by atoms with E-state index >= 15 is 0 Å². The lowest BCUT2D eigenvalue weighted by Gasteiger charge is -2.24. The first-order valence-corrected chi connectivity index (χ1v) is 8.61. The van der Waals surface area contributed by atoms with Crippen LogP contribution in [0.3, 0.4) is 0 Å². The Morgan fingerprint density at radius 2 is 2.21 bits per heavy atom. The van der Waals surface area contributed by atoms with Crippen LogP contribution in [0.15, 0.2) is 35.3 Å². The van der Waals surface area contributed by atoms with Crippen LogP contribution in [0, 0.1) is 5.92 Å². The number of carbonyl (C=O) groups is 1. The molecule has 24 heavy (non-hydrogen) atoms. The number of nitrogens with one attached hydrogen (secondary N) is 1. The highest BCUT2D eigenvalue weighted by Crippen LogP contribution is 2.36. The van der Waals surface area contributed by atoms with Gasteiger partial charge in [-0.05, 0) is 18.4 Å². The van der Waals surface area contributed by atoms with Crippen molar-refractivity contribution in [3.8, 4) is 0 Å². The number of ether oxygens (including phenoxy) is 1. The molecule has 1 aromatic rings. The van der Waals surface area contributed by atoms with Gasteiger partial charge < -0.3 is 20.7 Å². The topological polar surface area (TPSA) is 80.0 Å². The van der Waals surface area contributed by atoms with Crippen LogP contribution in [-0.2, 0) is 9.53 Å². The van der Waals surface area contributed by atoms with Gasteiger partial charge in [-0.2, -0.15) is 0 Å². The first-order valence-electron chi connectivity index (χ1n) is 8.61. The Hall–Kier alpha value is -2.08. The van der Waals surface area contributed by atoms with Crippen molar-refractivity contribution in [1.29, 1.82) is 0 Å². The Morgan fingerprint density at radius 3 is 2.92 bits per heavy atom. The zero-order valence-electron chi connectivity index (χ0n) is 14.1. The zero-order chi connectivity index (χ0) is 16.9. The van der Waals surface area contributed by atoms with Gasteiger partial charge in [0.05, 0.1) is 12.1 Å². The van der Waals surface area contributed by atoms with Crippen LogP contribution in [0.25, 0.3) is 0 Å². The molecule has 3 atom stereocenters. The molecule has 1 unspecified atom stereocenters. The van der Waals surface area contributed by atoms with Gasteiger partial charge in [-0.25, -0.2) is 0 Å². The first kappa shape index (κ1) is 16.8. The number of hydrogen-bond acceptors (Lipinski definition) is 3. The van der Waals surface area contributed by atoms with Crippen LogP contribution in [0.2, 0.25) is 0 Å². The second kappa shape index (κ2) is 7.66. The van der Waals surface area contributed by atoms with E-state index in [-0.39, 0.29) is 24.0 Å². The molecule has 1 amide bonds. The summed E-state index contributed by atoms with van der Waals surface area (Å²) in [4.78, 5) is 18.4. The number of benzene rings is 1. The summed E-state index contributed by atoms with van der Waals surface area (Å²) in [5.74, 6) is 0.738.